The Hall–Kier alpha value is -3.05. The average Bonchev–Trinajstić information content (AvgIpc) is 2.83. The lowest BCUT2D eigenvalue weighted by atomic mass is 9.90. The summed E-state index contributed by atoms with van der Waals surface area (Å²) in [6, 6.07) is 15.9. The molecule has 2 aromatic rings. The molecular weight excluding hydrogens is 474 g/mol. The smallest absolute Gasteiger partial charge is 0.305 e. The fraction of sp³-hybridized carbons (Fsp3) is 0.400. The fourth-order valence-corrected chi connectivity index (χ4v) is 4.53. The van der Waals surface area contributed by atoms with Crippen LogP contribution in [-0.2, 0) is 9.53 Å². The Morgan fingerprint density at radius 3 is 2.19 bits per heavy atom. The number of ether oxygens (including phenoxy) is 1. The van der Waals surface area contributed by atoms with Crippen LogP contribution in [0.1, 0.15) is 85.5 Å². The number of hydrogen-bond donors (Lipinski definition) is 2. The van der Waals surface area contributed by atoms with Gasteiger partial charge in [-0.05, 0) is 59.2 Å². The van der Waals surface area contributed by atoms with Gasteiger partial charge in [-0.2, -0.15) is 0 Å². The molecule has 1 aliphatic rings. The normalized spacial score (nSPS) is 18.1. The van der Waals surface area contributed by atoms with E-state index in [2.05, 4.69) is 63.4 Å². The molecule has 36 heavy (non-hydrogen) atoms. The zero-order valence-corrected chi connectivity index (χ0v) is 22.2. The number of nitrogens with one attached hydrogen (secondary N) is 1. The van der Waals surface area contributed by atoms with Gasteiger partial charge in [0.2, 0.25) is 0 Å². The standard InChI is InChI=1S/C30H36ClNO4/c1-19(2)17-28(23-9-11-24(12-10-23)30(35)32-16-15-29(33)34)36-25-13-14-26(27(31)18-25)22-7-5-21(6-8-22)20(3)4/h5-14,18-20,26-28H,15-17H2,1-4H3,(H,32,35)(H,33,34). The van der Waals surface area contributed by atoms with E-state index in [1.165, 1.54) is 11.1 Å². The summed E-state index contributed by atoms with van der Waals surface area (Å²) in [7, 11) is 0. The summed E-state index contributed by atoms with van der Waals surface area (Å²) in [5, 5.41) is 11.1. The third-order valence-corrected chi connectivity index (χ3v) is 6.65. The largest absolute Gasteiger partial charge is 0.486 e. The second-order valence-corrected chi connectivity index (χ2v) is 10.5. The quantitative estimate of drug-likeness (QED) is 0.321. The van der Waals surface area contributed by atoms with Crippen molar-refractivity contribution < 1.29 is 19.4 Å². The molecular formula is C30H36ClNO4. The molecule has 0 bridgehead atoms. The Bertz CT molecular complexity index is 1090. The van der Waals surface area contributed by atoms with Crippen molar-refractivity contribution in [3.63, 3.8) is 0 Å². The lowest BCUT2D eigenvalue weighted by Gasteiger charge is -2.26. The molecule has 3 unspecified atom stereocenters. The van der Waals surface area contributed by atoms with Crippen LogP contribution in [0.3, 0.4) is 0 Å². The van der Waals surface area contributed by atoms with E-state index in [4.69, 9.17) is 21.4 Å². The highest BCUT2D eigenvalue weighted by atomic mass is 35.5. The van der Waals surface area contributed by atoms with E-state index in [1.807, 2.05) is 24.3 Å². The molecule has 0 aliphatic heterocycles. The summed E-state index contributed by atoms with van der Waals surface area (Å²) < 4.78 is 6.41. The van der Waals surface area contributed by atoms with E-state index in [0.29, 0.717) is 17.4 Å². The second-order valence-electron chi connectivity index (χ2n) is 9.98. The first-order valence-electron chi connectivity index (χ1n) is 12.5. The minimum atomic E-state index is -0.945. The highest BCUT2D eigenvalue weighted by molar-refractivity contribution is 6.22. The number of benzene rings is 2. The predicted molar refractivity (Wildman–Crippen MR) is 144 cm³/mol. The van der Waals surface area contributed by atoms with Gasteiger partial charge < -0.3 is 15.2 Å². The van der Waals surface area contributed by atoms with Gasteiger partial charge >= 0.3 is 5.97 Å². The van der Waals surface area contributed by atoms with Crippen molar-refractivity contribution in [2.75, 3.05) is 6.54 Å². The number of hydrogen-bond acceptors (Lipinski definition) is 3. The third kappa shape index (κ3) is 7.72. The molecule has 0 spiro atoms. The molecule has 1 aliphatic carbocycles. The van der Waals surface area contributed by atoms with Crippen molar-refractivity contribution in [3.8, 4) is 0 Å². The van der Waals surface area contributed by atoms with Gasteiger partial charge in [0, 0.05) is 18.0 Å². The van der Waals surface area contributed by atoms with E-state index in [-0.39, 0.29) is 36.3 Å². The molecule has 0 fully saturated rings. The van der Waals surface area contributed by atoms with E-state index in [9.17, 15) is 9.59 Å². The Kier molecular flexibility index (Phi) is 9.77. The molecule has 2 aromatic carbocycles. The number of carboxylic acids is 1. The Balaban J connectivity index is 1.68. The van der Waals surface area contributed by atoms with Gasteiger partial charge in [-0.15, -0.1) is 11.6 Å². The summed E-state index contributed by atoms with van der Waals surface area (Å²) in [6.07, 6.45) is 6.59. The van der Waals surface area contributed by atoms with Crippen LogP contribution in [0, 0.1) is 5.92 Å². The number of carbonyl (C=O) groups is 2. The van der Waals surface area contributed by atoms with Crippen molar-refractivity contribution in [1.82, 2.24) is 5.32 Å². The highest BCUT2D eigenvalue weighted by Gasteiger charge is 2.24. The summed E-state index contributed by atoms with van der Waals surface area (Å²) in [6.45, 7) is 8.76. The van der Waals surface area contributed by atoms with Crippen molar-refractivity contribution >= 4 is 23.5 Å². The molecule has 3 rings (SSSR count). The molecule has 0 heterocycles. The number of aliphatic carboxylic acids is 1. The maximum absolute atomic E-state index is 12.3. The number of alkyl halides is 1. The Labute approximate surface area is 219 Å². The van der Waals surface area contributed by atoms with Gasteiger partial charge in [-0.3, -0.25) is 9.59 Å². The van der Waals surface area contributed by atoms with Crippen molar-refractivity contribution in [1.29, 1.82) is 0 Å². The molecule has 0 saturated heterocycles. The minimum absolute atomic E-state index is 0.0858. The first kappa shape index (κ1) is 27.5. The van der Waals surface area contributed by atoms with E-state index < -0.39 is 5.97 Å². The molecule has 5 nitrogen and oxygen atoms in total. The summed E-state index contributed by atoms with van der Waals surface area (Å²) in [4.78, 5) is 22.9. The van der Waals surface area contributed by atoms with Crippen molar-refractivity contribution in [3.05, 3.63) is 94.8 Å². The van der Waals surface area contributed by atoms with E-state index in [1.54, 1.807) is 12.1 Å². The lowest BCUT2D eigenvalue weighted by molar-refractivity contribution is -0.136. The van der Waals surface area contributed by atoms with Gasteiger partial charge in [0.1, 0.15) is 11.9 Å². The molecule has 3 atom stereocenters. The summed E-state index contributed by atoms with van der Waals surface area (Å²) >= 11 is 6.78. The van der Waals surface area contributed by atoms with Crippen LogP contribution in [0.5, 0.6) is 0 Å². The SMILES string of the molecule is CC(C)CC(OC1=CC(Cl)C(c2ccc(C(C)C)cc2)C=C1)c1ccc(C(=O)NCCC(=O)O)cc1. The zero-order valence-electron chi connectivity index (χ0n) is 21.4. The molecule has 192 valence electrons. The molecule has 6 heteroatoms. The van der Waals surface area contributed by atoms with Crippen LogP contribution >= 0.6 is 11.6 Å². The molecule has 1 amide bonds. The minimum Gasteiger partial charge on any atom is -0.486 e. The molecule has 0 radical (unpaired) electrons. The average molecular weight is 510 g/mol. The monoisotopic (exact) mass is 509 g/mol. The lowest BCUT2D eigenvalue weighted by Crippen LogP contribution is -2.26. The first-order chi connectivity index (χ1) is 17.1. The third-order valence-electron chi connectivity index (χ3n) is 6.26. The van der Waals surface area contributed by atoms with Crippen LogP contribution < -0.4 is 5.32 Å². The number of allylic oxidation sites excluding steroid dienone is 3. The number of carboxylic acid groups (broad SMARTS) is 1. The van der Waals surface area contributed by atoms with E-state index >= 15 is 0 Å². The van der Waals surface area contributed by atoms with Crippen LogP contribution in [-0.4, -0.2) is 28.9 Å². The maximum atomic E-state index is 12.3. The Morgan fingerprint density at radius 1 is 1.00 bits per heavy atom. The number of rotatable bonds is 11. The van der Waals surface area contributed by atoms with Gasteiger partial charge in [0.25, 0.3) is 5.91 Å². The highest BCUT2D eigenvalue weighted by Crippen LogP contribution is 2.35. The second kappa shape index (κ2) is 12.8. The maximum Gasteiger partial charge on any atom is 0.305 e. The first-order valence-corrected chi connectivity index (χ1v) is 13.0. The zero-order chi connectivity index (χ0) is 26.2. The number of carbonyl (C=O) groups excluding carboxylic acids is 1. The van der Waals surface area contributed by atoms with Gasteiger partial charge in [-0.25, -0.2) is 0 Å². The Morgan fingerprint density at radius 2 is 1.64 bits per heavy atom. The van der Waals surface area contributed by atoms with E-state index in [0.717, 1.165) is 17.7 Å². The predicted octanol–water partition coefficient (Wildman–Crippen LogP) is 6.96. The number of halogens is 1. The van der Waals surface area contributed by atoms with Crippen LogP contribution in [0.15, 0.2) is 72.5 Å². The van der Waals surface area contributed by atoms with Crippen LogP contribution in [0.4, 0.5) is 0 Å². The van der Waals surface area contributed by atoms with Crippen molar-refractivity contribution in [2.45, 2.75) is 63.9 Å². The fourth-order valence-electron chi connectivity index (χ4n) is 4.18. The van der Waals surface area contributed by atoms with Gasteiger partial charge in [0.15, 0.2) is 0 Å². The summed E-state index contributed by atoms with van der Waals surface area (Å²) in [5.41, 5.74) is 3.94. The van der Waals surface area contributed by atoms with Gasteiger partial charge in [-0.1, -0.05) is 70.2 Å². The number of amides is 1. The topological polar surface area (TPSA) is 75.6 Å². The van der Waals surface area contributed by atoms with Crippen LogP contribution in [0.2, 0.25) is 0 Å². The van der Waals surface area contributed by atoms with Gasteiger partial charge in [0.05, 0.1) is 11.8 Å². The molecule has 2 N–H and O–H groups in total. The molecule has 0 saturated carbocycles. The van der Waals surface area contributed by atoms with Crippen LogP contribution in [0.25, 0.3) is 0 Å². The summed E-state index contributed by atoms with van der Waals surface area (Å²) in [5.74, 6) is 0.487. The van der Waals surface area contributed by atoms with Crippen molar-refractivity contribution in [2.24, 2.45) is 5.92 Å². The molecule has 0 aromatic heterocycles.